The van der Waals surface area contributed by atoms with Gasteiger partial charge >= 0.3 is 0 Å². The zero-order valence-electron chi connectivity index (χ0n) is 10.6. The van der Waals surface area contributed by atoms with Crippen LogP contribution in [0, 0.1) is 24.1 Å². The van der Waals surface area contributed by atoms with Gasteiger partial charge in [-0.15, -0.1) is 0 Å². The van der Waals surface area contributed by atoms with Crippen LogP contribution >= 0.6 is 0 Å². The molecule has 0 radical (unpaired) electrons. The van der Waals surface area contributed by atoms with Crippen LogP contribution in [-0.2, 0) is 17.6 Å². The zero-order chi connectivity index (χ0) is 13.2. The lowest BCUT2D eigenvalue weighted by Gasteiger charge is -1.91. The molecule has 2 aromatic rings. The van der Waals surface area contributed by atoms with Gasteiger partial charge in [-0.05, 0) is 11.1 Å². The fraction of sp³-hybridized carbons (Fsp3) is 0.111. The Labute approximate surface area is 114 Å². The predicted octanol–water partition coefficient (Wildman–Crippen LogP) is 3.41. The predicted molar refractivity (Wildman–Crippen MR) is 76.9 cm³/mol. The van der Waals surface area contributed by atoms with Gasteiger partial charge in [0.05, 0.1) is 0 Å². The van der Waals surface area contributed by atoms with Crippen LogP contribution in [0.4, 0.5) is 0 Å². The molecule has 0 fully saturated rings. The lowest BCUT2D eigenvalue weighted by atomic mass is 10.2. The summed E-state index contributed by atoms with van der Waals surface area (Å²) in [6.45, 7) is 0. The summed E-state index contributed by atoms with van der Waals surface area (Å²) < 4.78 is 4.95. The highest BCUT2D eigenvalue weighted by Gasteiger charge is 1.86. The number of hydrogen-bond acceptors (Lipinski definition) is 1. The topological polar surface area (TPSA) is 9.23 Å². The van der Waals surface area contributed by atoms with E-state index in [1.165, 1.54) is 11.1 Å². The fourth-order valence-electron chi connectivity index (χ4n) is 1.57. The summed E-state index contributed by atoms with van der Waals surface area (Å²) in [5.41, 5.74) is 2.35. The van der Waals surface area contributed by atoms with Gasteiger partial charge in [0, 0.05) is 12.8 Å². The van der Waals surface area contributed by atoms with Crippen molar-refractivity contribution in [2.24, 2.45) is 0 Å². The average Bonchev–Trinajstić information content (AvgIpc) is 2.48. The third kappa shape index (κ3) is 5.02. The standard InChI is InChI=1S/C18H14O/c1-3-9-17(10-4-1)13-7-15-19-16-8-14-18-11-5-2-6-12-18/h1-6,9-12H,13-14H2. The van der Waals surface area contributed by atoms with Crippen molar-refractivity contribution in [3.63, 3.8) is 0 Å². The Hall–Kier alpha value is -2.64. The van der Waals surface area contributed by atoms with Gasteiger partial charge in [0.25, 0.3) is 0 Å². The largest absolute Gasteiger partial charge is 0.357 e. The van der Waals surface area contributed by atoms with Gasteiger partial charge in [-0.2, -0.15) is 0 Å². The van der Waals surface area contributed by atoms with Crippen molar-refractivity contribution in [3.8, 4) is 24.1 Å². The number of rotatable bonds is 2. The number of benzene rings is 2. The highest BCUT2D eigenvalue weighted by atomic mass is 16.5. The SMILES string of the molecule is C(#COC#CCc1ccccc1)Cc1ccccc1. The first-order valence-corrected chi connectivity index (χ1v) is 6.14. The monoisotopic (exact) mass is 246 g/mol. The molecule has 0 unspecified atom stereocenters. The average molecular weight is 246 g/mol. The zero-order valence-corrected chi connectivity index (χ0v) is 10.6. The maximum Gasteiger partial charge on any atom is 0.130 e. The van der Waals surface area contributed by atoms with Crippen LogP contribution in [0.1, 0.15) is 11.1 Å². The molecule has 0 amide bonds. The molecule has 1 heteroatoms. The van der Waals surface area contributed by atoms with Gasteiger partial charge in [0.2, 0.25) is 0 Å². The van der Waals surface area contributed by atoms with Crippen molar-refractivity contribution in [1.82, 2.24) is 0 Å². The van der Waals surface area contributed by atoms with Crippen molar-refractivity contribution in [2.45, 2.75) is 12.8 Å². The van der Waals surface area contributed by atoms with E-state index >= 15 is 0 Å². The van der Waals surface area contributed by atoms with Crippen molar-refractivity contribution in [1.29, 1.82) is 0 Å². The Morgan fingerprint density at radius 2 is 1.05 bits per heavy atom. The van der Waals surface area contributed by atoms with Gasteiger partial charge in [-0.3, -0.25) is 0 Å². The van der Waals surface area contributed by atoms with Crippen LogP contribution in [0.2, 0.25) is 0 Å². The summed E-state index contributed by atoms with van der Waals surface area (Å²) in [7, 11) is 0. The fourth-order valence-corrected chi connectivity index (χ4v) is 1.57. The summed E-state index contributed by atoms with van der Waals surface area (Å²) in [5, 5.41) is 0. The maximum atomic E-state index is 4.95. The molecule has 2 aromatic carbocycles. The lowest BCUT2D eigenvalue weighted by Crippen LogP contribution is -1.80. The van der Waals surface area contributed by atoms with Gasteiger partial charge in [-0.1, -0.05) is 72.5 Å². The molecule has 0 N–H and O–H groups in total. The molecule has 0 aliphatic rings. The summed E-state index contributed by atoms with van der Waals surface area (Å²) in [6, 6.07) is 20.1. The second-order valence-electron chi connectivity index (χ2n) is 3.98. The van der Waals surface area contributed by atoms with E-state index in [2.05, 4.69) is 24.1 Å². The smallest absolute Gasteiger partial charge is 0.130 e. The third-order valence-electron chi connectivity index (χ3n) is 2.52. The van der Waals surface area contributed by atoms with Crippen LogP contribution in [0.3, 0.4) is 0 Å². The van der Waals surface area contributed by atoms with E-state index in [0.717, 1.165) is 0 Å². The molecule has 0 aromatic heterocycles. The van der Waals surface area contributed by atoms with E-state index in [0.29, 0.717) is 12.8 Å². The molecule has 1 nitrogen and oxygen atoms in total. The molecule has 0 aliphatic carbocycles. The Kier molecular flexibility index (Phi) is 5.15. The lowest BCUT2D eigenvalue weighted by molar-refractivity contribution is 0.478. The van der Waals surface area contributed by atoms with E-state index in [1.54, 1.807) is 0 Å². The second kappa shape index (κ2) is 7.64. The van der Waals surface area contributed by atoms with Gasteiger partial charge < -0.3 is 4.74 Å². The first-order chi connectivity index (χ1) is 9.45. The molecule has 0 saturated heterocycles. The van der Waals surface area contributed by atoms with Crippen molar-refractivity contribution >= 4 is 0 Å². The van der Waals surface area contributed by atoms with Gasteiger partial charge in [-0.25, -0.2) is 0 Å². The molecular weight excluding hydrogens is 232 g/mol. The molecule has 0 aliphatic heterocycles. The number of hydrogen-bond donors (Lipinski definition) is 0. The molecule has 92 valence electrons. The normalized spacial score (nSPS) is 8.63. The minimum Gasteiger partial charge on any atom is -0.357 e. The van der Waals surface area contributed by atoms with E-state index in [9.17, 15) is 0 Å². The molecule has 19 heavy (non-hydrogen) atoms. The summed E-state index contributed by atoms with van der Waals surface area (Å²) in [4.78, 5) is 0. The van der Waals surface area contributed by atoms with Crippen LogP contribution in [0.25, 0.3) is 0 Å². The van der Waals surface area contributed by atoms with E-state index in [4.69, 9.17) is 4.74 Å². The first-order valence-electron chi connectivity index (χ1n) is 6.14. The quantitative estimate of drug-likeness (QED) is 0.738. The molecule has 0 spiro atoms. The van der Waals surface area contributed by atoms with E-state index < -0.39 is 0 Å². The maximum absolute atomic E-state index is 4.95. The Bertz CT molecular complexity index is 549. The first kappa shape index (κ1) is 12.8. The Morgan fingerprint density at radius 3 is 1.47 bits per heavy atom. The third-order valence-corrected chi connectivity index (χ3v) is 2.52. The van der Waals surface area contributed by atoms with Crippen LogP contribution < -0.4 is 0 Å². The highest BCUT2D eigenvalue weighted by molar-refractivity contribution is 5.21. The van der Waals surface area contributed by atoms with Crippen LogP contribution in [-0.4, -0.2) is 0 Å². The Balaban J connectivity index is 1.73. The van der Waals surface area contributed by atoms with Gasteiger partial charge in [0.1, 0.15) is 12.2 Å². The summed E-state index contributed by atoms with van der Waals surface area (Å²) in [6.07, 6.45) is 6.56. The van der Waals surface area contributed by atoms with Crippen LogP contribution in [0.5, 0.6) is 0 Å². The van der Waals surface area contributed by atoms with Crippen molar-refractivity contribution in [3.05, 3.63) is 71.8 Å². The molecule has 0 atom stereocenters. The summed E-state index contributed by atoms with van der Waals surface area (Å²) in [5.74, 6) is 5.85. The van der Waals surface area contributed by atoms with Crippen molar-refractivity contribution in [2.75, 3.05) is 0 Å². The molecule has 0 saturated carbocycles. The van der Waals surface area contributed by atoms with E-state index in [-0.39, 0.29) is 0 Å². The number of ether oxygens (including phenoxy) is 1. The highest BCUT2D eigenvalue weighted by Crippen LogP contribution is 1.98. The van der Waals surface area contributed by atoms with Gasteiger partial charge in [0.15, 0.2) is 0 Å². The molecule has 0 heterocycles. The molecule has 0 bridgehead atoms. The van der Waals surface area contributed by atoms with Crippen molar-refractivity contribution < 1.29 is 4.74 Å². The molecular formula is C18H14O. The van der Waals surface area contributed by atoms with Crippen LogP contribution in [0.15, 0.2) is 60.7 Å². The second-order valence-corrected chi connectivity index (χ2v) is 3.98. The molecule has 2 rings (SSSR count). The minimum absolute atomic E-state index is 0.682. The summed E-state index contributed by atoms with van der Waals surface area (Å²) >= 11 is 0. The minimum atomic E-state index is 0.682. The van der Waals surface area contributed by atoms with E-state index in [1.807, 2.05) is 60.7 Å². The Morgan fingerprint density at radius 1 is 0.632 bits per heavy atom.